The third-order valence-corrected chi connectivity index (χ3v) is 3.80. The SMILES string of the molecule is CCCCCC(Cc1ccc(O)cc1)C(C)(C)C. The topological polar surface area (TPSA) is 20.2 Å². The van der Waals surface area contributed by atoms with Crippen LogP contribution in [0.4, 0.5) is 0 Å². The van der Waals surface area contributed by atoms with Crippen molar-refractivity contribution in [3.05, 3.63) is 29.8 Å². The van der Waals surface area contributed by atoms with Gasteiger partial charge in [0, 0.05) is 0 Å². The number of rotatable bonds is 6. The van der Waals surface area contributed by atoms with Gasteiger partial charge in [0.2, 0.25) is 0 Å². The Morgan fingerprint density at radius 2 is 1.67 bits per heavy atom. The molecule has 1 nitrogen and oxygen atoms in total. The van der Waals surface area contributed by atoms with Crippen molar-refractivity contribution in [2.24, 2.45) is 11.3 Å². The van der Waals surface area contributed by atoms with E-state index >= 15 is 0 Å². The molecule has 1 unspecified atom stereocenters. The minimum absolute atomic E-state index is 0.353. The van der Waals surface area contributed by atoms with Crippen LogP contribution in [0, 0.1) is 11.3 Å². The Labute approximate surface area is 112 Å². The quantitative estimate of drug-likeness (QED) is 0.688. The van der Waals surface area contributed by atoms with Gasteiger partial charge in [-0.1, -0.05) is 59.1 Å². The molecule has 0 spiro atoms. The Kier molecular flexibility index (Phi) is 5.71. The molecule has 0 heterocycles. The molecular formula is C17H28O. The van der Waals surface area contributed by atoms with Crippen LogP contribution in [0.1, 0.15) is 58.9 Å². The number of unbranched alkanes of at least 4 members (excludes halogenated alkanes) is 2. The van der Waals surface area contributed by atoms with Gasteiger partial charge in [-0.3, -0.25) is 0 Å². The van der Waals surface area contributed by atoms with Gasteiger partial charge in [-0.25, -0.2) is 0 Å². The summed E-state index contributed by atoms with van der Waals surface area (Å²) < 4.78 is 0. The first-order chi connectivity index (χ1) is 8.43. The Hall–Kier alpha value is -0.980. The van der Waals surface area contributed by atoms with Gasteiger partial charge in [-0.05, 0) is 41.9 Å². The van der Waals surface area contributed by atoms with E-state index in [0.29, 0.717) is 17.1 Å². The summed E-state index contributed by atoms with van der Waals surface area (Å²) >= 11 is 0. The molecule has 0 saturated carbocycles. The highest BCUT2D eigenvalue weighted by molar-refractivity contribution is 5.26. The third kappa shape index (κ3) is 5.12. The largest absolute Gasteiger partial charge is 0.508 e. The maximum absolute atomic E-state index is 9.32. The zero-order valence-corrected chi connectivity index (χ0v) is 12.4. The maximum atomic E-state index is 9.32. The molecule has 102 valence electrons. The summed E-state index contributed by atoms with van der Waals surface area (Å²) in [5, 5.41) is 9.32. The van der Waals surface area contributed by atoms with Gasteiger partial charge in [0.1, 0.15) is 5.75 Å². The molecule has 1 heteroatoms. The number of hydrogen-bond donors (Lipinski definition) is 1. The Bertz CT molecular complexity index is 332. The van der Waals surface area contributed by atoms with E-state index in [1.807, 2.05) is 12.1 Å². The molecule has 0 bridgehead atoms. The molecule has 0 amide bonds. The highest BCUT2D eigenvalue weighted by Gasteiger charge is 2.24. The third-order valence-electron chi connectivity index (χ3n) is 3.80. The monoisotopic (exact) mass is 248 g/mol. The van der Waals surface area contributed by atoms with E-state index in [4.69, 9.17) is 0 Å². The molecule has 0 aliphatic carbocycles. The molecule has 0 radical (unpaired) electrons. The molecule has 1 aromatic rings. The molecule has 1 rings (SSSR count). The van der Waals surface area contributed by atoms with Crippen LogP contribution in [-0.2, 0) is 6.42 Å². The average Bonchev–Trinajstić information content (AvgIpc) is 2.29. The van der Waals surface area contributed by atoms with Crippen LogP contribution in [0.2, 0.25) is 0 Å². The smallest absolute Gasteiger partial charge is 0.115 e. The zero-order valence-electron chi connectivity index (χ0n) is 12.4. The molecule has 0 aliphatic rings. The van der Waals surface area contributed by atoms with Crippen LogP contribution in [0.25, 0.3) is 0 Å². The van der Waals surface area contributed by atoms with E-state index in [1.54, 1.807) is 12.1 Å². The van der Waals surface area contributed by atoms with Gasteiger partial charge < -0.3 is 5.11 Å². The maximum Gasteiger partial charge on any atom is 0.115 e. The van der Waals surface area contributed by atoms with E-state index in [0.717, 1.165) is 6.42 Å². The molecule has 0 saturated heterocycles. The summed E-state index contributed by atoms with van der Waals surface area (Å²) in [6, 6.07) is 7.68. The van der Waals surface area contributed by atoms with Crippen LogP contribution < -0.4 is 0 Å². The number of hydrogen-bond acceptors (Lipinski definition) is 1. The molecule has 1 atom stereocenters. The number of phenols is 1. The lowest BCUT2D eigenvalue weighted by Crippen LogP contribution is -2.22. The first-order valence-corrected chi connectivity index (χ1v) is 7.21. The lowest BCUT2D eigenvalue weighted by Gasteiger charge is -2.31. The second-order valence-corrected chi connectivity index (χ2v) is 6.43. The molecule has 1 aromatic carbocycles. The molecule has 0 aliphatic heterocycles. The summed E-state index contributed by atoms with van der Waals surface area (Å²) in [5.41, 5.74) is 1.69. The standard InChI is InChI=1S/C17H28O/c1-5-6-7-8-15(17(2,3)4)13-14-9-11-16(18)12-10-14/h9-12,15,18H,5-8,13H2,1-4H3. The highest BCUT2D eigenvalue weighted by Crippen LogP contribution is 2.33. The van der Waals surface area contributed by atoms with Crippen molar-refractivity contribution in [1.82, 2.24) is 0 Å². The van der Waals surface area contributed by atoms with Gasteiger partial charge in [0.15, 0.2) is 0 Å². The minimum atomic E-state index is 0.353. The van der Waals surface area contributed by atoms with Crippen molar-refractivity contribution in [3.8, 4) is 5.75 Å². The van der Waals surface area contributed by atoms with Crippen molar-refractivity contribution in [2.45, 2.75) is 59.8 Å². The van der Waals surface area contributed by atoms with E-state index < -0.39 is 0 Å². The summed E-state index contributed by atoms with van der Waals surface area (Å²) in [5.74, 6) is 1.07. The molecule has 0 aromatic heterocycles. The van der Waals surface area contributed by atoms with Gasteiger partial charge in [0.05, 0.1) is 0 Å². The molecule has 18 heavy (non-hydrogen) atoms. The lowest BCUT2D eigenvalue weighted by molar-refractivity contribution is 0.218. The normalized spacial score (nSPS) is 13.6. The van der Waals surface area contributed by atoms with E-state index in [2.05, 4.69) is 27.7 Å². The Morgan fingerprint density at radius 1 is 1.06 bits per heavy atom. The van der Waals surface area contributed by atoms with Gasteiger partial charge in [-0.2, -0.15) is 0 Å². The van der Waals surface area contributed by atoms with Crippen molar-refractivity contribution >= 4 is 0 Å². The van der Waals surface area contributed by atoms with E-state index in [1.165, 1.54) is 31.2 Å². The second-order valence-electron chi connectivity index (χ2n) is 6.43. The van der Waals surface area contributed by atoms with Crippen LogP contribution in [0.5, 0.6) is 5.75 Å². The van der Waals surface area contributed by atoms with Gasteiger partial charge >= 0.3 is 0 Å². The summed E-state index contributed by atoms with van der Waals surface area (Å²) in [4.78, 5) is 0. The number of benzene rings is 1. The first kappa shape index (κ1) is 15.1. The number of phenolic OH excluding ortho intramolecular Hbond substituents is 1. The van der Waals surface area contributed by atoms with Crippen LogP contribution in [-0.4, -0.2) is 5.11 Å². The fourth-order valence-electron chi connectivity index (χ4n) is 2.40. The predicted octanol–water partition coefficient (Wildman–Crippen LogP) is 5.18. The Balaban J connectivity index is 2.63. The van der Waals surface area contributed by atoms with Crippen molar-refractivity contribution in [2.75, 3.05) is 0 Å². The highest BCUT2D eigenvalue weighted by atomic mass is 16.3. The zero-order chi connectivity index (χ0) is 13.6. The van der Waals surface area contributed by atoms with Crippen molar-refractivity contribution in [3.63, 3.8) is 0 Å². The predicted molar refractivity (Wildman–Crippen MR) is 78.9 cm³/mol. The van der Waals surface area contributed by atoms with E-state index in [-0.39, 0.29) is 0 Å². The molecular weight excluding hydrogens is 220 g/mol. The Morgan fingerprint density at radius 3 is 2.17 bits per heavy atom. The van der Waals surface area contributed by atoms with Crippen molar-refractivity contribution < 1.29 is 5.11 Å². The van der Waals surface area contributed by atoms with E-state index in [9.17, 15) is 5.11 Å². The lowest BCUT2D eigenvalue weighted by atomic mass is 9.74. The first-order valence-electron chi connectivity index (χ1n) is 7.21. The fourth-order valence-corrected chi connectivity index (χ4v) is 2.40. The fraction of sp³-hybridized carbons (Fsp3) is 0.647. The van der Waals surface area contributed by atoms with Crippen LogP contribution in [0.15, 0.2) is 24.3 Å². The second kappa shape index (κ2) is 6.82. The summed E-state index contributed by atoms with van der Waals surface area (Å²) in [7, 11) is 0. The van der Waals surface area contributed by atoms with Crippen molar-refractivity contribution in [1.29, 1.82) is 0 Å². The number of aromatic hydroxyl groups is 1. The van der Waals surface area contributed by atoms with Gasteiger partial charge in [0.25, 0.3) is 0 Å². The molecule has 0 fully saturated rings. The van der Waals surface area contributed by atoms with Crippen LogP contribution >= 0.6 is 0 Å². The average molecular weight is 248 g/mol. The minimum Gasteiger partial charge on any atom is -0.508 e. The summed E-state index contributed by atoms with van der Waals surface area (Å²) in [6.07, 6.45) is 6.38. The van der Waals surface area contributed by atoms with Gasteiger partial charge in [-0.15, -0.1) is 0 Å². The van der Waals surface area contributed by atoms with Crippen LogP contribution in [0.3, 0.4) is 0 Å². The molecule has 1 N–H and O–H groups in total. The summed E-state index contributed by atoms with van der Waals surface area (Å²) in [6.45, 7) is 9.27.